The number of ketones is 1. The number of carbonyl (C=O) groups excluding carboxylic acids is 1. The molecule has 15 heavy (non-hydrogen) atoms. The maximum absolute atomic E-state index is 11.7. The van der Waals surface area contributed by atoms with Crippen LogP contribution in [-0.2, 0) is 6.61 Å². The lowest BCUT2D eigenvalue weighted by molar-refractivity contribution is 0.0995. The van der Waals surface area contributed by atoms with Gasteiger partial charge >= 0.3 is 0 Å². The number of Topliss-reactive ketones (excluding diaryl/α,β-unsaturated/α-hetero) is 1. The van der Waals surface area contributed by atoms with Crippen molar-refractivity contribution >= 4 is 21.7 Å². The quantitative estimate of drug-likeness (QED) is 0.673. The number of hydrogen-bond donors (Lipinski definition) is 1. The summed E-state index contributed by atoms with van der Waals surface area (Å²) in [6, 6.07) is 6.70. The molecule has 0 radical (unpaired) electrons. The van der Waals surface area contributed by atoms with Gasteiger partial charge in [0, 0.05) is 5.56 Å². The lowest BCUT2D eigenvalue weighted by Gasteiger charge is -2.06. The molecule has 1 rings (SSSR count). The summed E-state index contributed by atoms with van der Waals surface area (Å²) < 4.78 is 0. The number of halogens is 1. The Morgan fingerprint density at radius 3 is 2.80 bits per heavy atom. The van der Waals surface area contributed by atoms with Crippen LogP contribution in [0.2, 0.25) is 0 Å². The lowest BCUT2D eigenvalue weighted by Crippen LogP contribution is -2.12. The Kier molecular flexibility index (Phi) is 4.01. The standard InChI is InChI=1S/C11H10BrNO2/c1-7(12)11(15)10-3-2-8(6-14)4-9(10)5-13/h2-4,7,14H,6H2,1H3. The normalized spacial score (nSPS) is 11.9. The molecule has 0 saturated heterocycles. The van der Waals surface area contributed by atoms with Crippen molar-refractivity contribution in [3.8, 4) is 6.07 Å². The molecule has 1 aromatic rings. The van der Waals surface area contributed by atoms with Crippen molar-refractivity contribution < 1.29 is 9.90 Å². The Bertz CT molecular complexity index is 421. The smallest absolute Gasteiger partial charge is 0.177 e. The van der Waals surface area contributed by atoms with Crippen molar-refractivity contribution in [3.05, 3.63) is 34.9 Å². The number of aliphatic hydroxyl groups is 1. The lowest BCUT2D eigenvalue weighted by atomic mass is 10.0. The molecule has 78 valence electrons. The van der Waals surface area contributed by atoms with E-state index < -0.39 is 0 Å². The highest BCUT2D eigenvalue weighted by Crippen LogP contribution is 2.16. The molecular formula is C11H10BrNO2. The fourth-order valence-electron chi connectivity index (χ4n) is 1.21. The van der Waals surface area contributed by atoms with Gasteiger partial charge in [-0.2, -0.15) is 5.26 Å². The molecule has 0 aromatic heterocycles. The minimum atomic E-state index is -0.315. The van der Waals surface area contributed by atoms with Gasteiger partial charge in [0.1, 0.15) is 0 Å². The van der Waals surface area contributed by atoms with E-state index in [1.54, 1.807) is 19.1 Å². The van der Waals surface area contributed by atoms with E-state index in [1.807, 2.05) is 6.07 Å². The molecule has 0 aliphatic heterocycles. The maximum Gasteiger partial charge on any atom is 0.177 e. The third-order valence-electron chi connectivity index (χ3n) is 2.01. The number of hydrogen-bond acceptors (Lipinski definition) is 3. The SMILES string of the molecule is CC(Br)C(=O)c1ccc(CO)cc1C#N. The van der Waals surface area contributed by atoms with Crippen LogP contribution in [-0.4, -0.2) is 15.7 Å². The van der Waals surface area contributed by atoms with Crippen LogP contribution in [0, 0.1) is 11.3 Å². The van der Waals surface area contributed by atoms with E-state index in [0.717, 1.165) is 0 Å². The molecular weight excluding hydrogens is 258 g/mol. The van der Waals surface area contributed by atoms with Crippen molar-refractivity contribution in [2.24, 2.45) is 0 Å². The summed E-state index contributed by atoms with van der Waals surface area (Å²) in [5, 5.41) is 17.8. The molecule has 4 heteroatoms. The first-order valence-electron chi connectivity index (χ1n) is 4.42. The Balaban J connectivity index is 3.21. The molecule has 0 fully saturated rings. The highest BCUT2D eigenvalue weighted by atomic mass is 79.9. The van der Waals surface area contributed by atoms with E-state index in [0.29, 0.717) is 16.7 Å². The van der Waals surface area contributed by atoms with Crippen molar-refractivity contribution in [1.29, 1.82) is 5.26 Å². The van der Waals surface area contributed by atoms with Crippen LogP contribution in [0.3, 0.4) is 0 Å². The maximum atomic E-state index is 11.7. The predicted octanol–water partition coefficient (Wildman–Crippen LogP) is 2.02. The van der Waals surface area contributed by atoms with Gasteiger partial charge in [0.25, 0.3) is 0 Å². The topological polar surface area (TPSA) is 61.1 Å². The monoisotopic (exact) mass is 267 g/mol. The number of aliphatic hydroxyl groups excluding tert-OH is 1. The second kappa shape index (κ2) is 5.06. The zero-order valence-corrected chi connectivity index (χ0v) is 9.78. The molecule has 1 N–H and O–H groups in total. The first kappa shape index (κ1) is 11.9. The zero-order valence-electron chi connectivity index (χ0n) is 8.20. The van der Waals surface area contributed by atoms with Gasteiger partial charge in [-0.05, 0) is 24.6 Å². The highest BCUT2D eigenvalue weighted by Gasteiger charge is 2.16. The fourth-order valence-corrected chi connectivity index (χ4v) is 1.46. The molecule has 0 bridgehead atoms. The molecule has 0 heterocycles. The van der Waals surface area contributed by atoms with Gasteiger partial charge < -0.3 is 5.11 Å². The molecule has 3 nitrogen and oxygen atoms in total. The summed E-state index contributed by atoms with van der Waals surface area (Å²) >= 11 is 3.17. The third kappa shape index (κ3) is 2.65. The minimum Gasteiger partial charge on any atom is -0.392 e. The Labute approximate surface area is 96.5 Å². The Morgan fingerprint density at radius 2 is 2.33 bits per heavy atom. The van der Waals surface area contributed by atoms with Gasteiger partial charge in [-0.1, -0.05) is 22.0 Å². The van der Waals surface area contributed by atoms with Crippen LogP contribution >= 0.6 is 15.9 Å². The first-order chi connectivity index (χ1) is 7.10. The molecule has 0 aliphatic carbocycles. The van der Waals surface area contributed by atoms with Crippen LogP contribution in [0.15, 0.2) is 18.2 Å². The van der Waals surface area contributed by atoms with Crippen LogP contribution < -0.4 is 0 Å². The number of benzene rings is 1. The molecule has 1 unspecified atom stereocenters. The van der Waals surface area contributed by atoms with Gasteiger partial charge in [0.05, 0.1) is 23.1 Å². The molecule has 1 aromatic carbocycles. The Morgan fingerprint density at radius 1 is 1.67 bits per heavy atom. The molecule has 0 spiro atoms. The average Bonchev–Trinajstić information content (AvgIpc) is 2.27. The van der Waals surface area contributed by atoms with E-state index >= 15 is 0 Å². The molecule has 0 saturated carbocycles. The number of carbonyl (C=O) groups is 1. The van der Waals surface area contributed by atoms with Gasteiger partial charge in [0.15, 0.2) is 5.78 Å². The molecule has 1 atom stereocenters. The predicted molar refractivity (Wildman–Crippen MR) is 59.8 cm³/mol. The van der Waals surface area contributed by atoms with E-state index in [4.69, 9.17) is 10.4 Å². The summed E-state index contributed by atoms with van der Waals surface area (Å²) in [7, 11) is 0. The molecule has 0 aliphatic rings. The van der Waals surface area contributed by atoms with Gasteiger partial charge in [0.2, 0.25) is 0 Å². The number of alkyl halides is 1. The highest BCUT2D eigenvalue weighted by molar-refractivity contribution is 9.10. The third-order valence-corrected chi connectivity index (χ3v) is 2.43. The fraction of sp³-hybridized carbons (Fsp3) is 0.273. The number of rotatable bonds is 3. The largest absolute Gasteiger partial charge is 0.392 e. The van der Waals surface area contributed by atoms with Crippen molar-refractivity contribution in [3.63, 3.8) is 0 Å². The summed E-state index contributed by atoms with van der Waals surface area (Å²) in [6.45, 7) is 1.58. The summed E-state index contributed by atoms with van der Waals surface area (Å²) in [5.41, 5.74) is 1.32. The van der Waals surface area contributed by atoms with Gasteiger partial charge in [-0.15, -0.1) is 0 Å². The Hall–Kier alpha value is -1.18. The van der Waals surface area contributed by atoms with Crippen LogP contribution in [0.25, 0.3) is 0 Å². The summed E-state index contributed by atoms with van der Waals surface area (Å²) in [6.07, 6.45) is 0. The second-order valence-electron chi connectivity index (χ2n) is 3.13. The summed E-state index contributed by atoms with van der Waals surface area (Å²) in [4.78, 5) is 11.3. The minimum absolute atomic E-state index is 0.129. The van der Waals surface area contributed by atoms with E-state index in [9.17, 15) is 4.79 Å². The summed E-state index contributed by atoms with van der Waals surface area (Å²) in [5.74, 6) is -0.129. The van der Waals surface area contributed by atoms with Crippen LogP contribution in [0.5, 0.6) is 0 Å². The van der Waals surface area contributed by atoms with Crippen molar-refractivity contribution in [2.45, 2.75) is 18.4 Å². The zero-order chi connectivity index (χ0) is 11.4. The second-order valence-corrected chi connectivity index (χ2v) is 4.50. The van der Waals surface area contributed by atoms with Gasteiger partial charge in [-0.25, -0.2) is 0 Å². The average molecular weight is 268 g/mol. The van der Waals surface area contributed by atoms with Crippen molar-refractivity contribution in [1.82, 2.24) is 0 Å². The van der Waals surface area contributed by atoms with E-state index in [-0.39, 0.29) is 17.2 Å². The van der Waals surface area contributed by atoms with Crippen LogP contribution in [0.1, 0.15) is 28.4 Å². The van der Waals surface area contributed by atoms with Crippen LogP contribution in [0.4, 0.5) is 0 Å². The number of nitrogens with zero attached hydrogens (tertiary/aromatic N) is 1. The van der Waals surface area contributed by atoms with Gasteiger partial charge in [-0.3, -0.25) is 4.79 Å². The van der Waals surface area contributed by atoms with Crippen molar-refractivity contribution in [2.75, 3.05) is 0 Å². The first-order valence-corrected chi connectivity index (χ1v) is 5.34. The van der Waals surface area contributed by atoms with E-state index in [1.165, 1.54) is 6.07 Å². The van der Waals surface area contributed by atoms with E-state index in [2.05, 4.69) is 15.9 Å². The molecule has 0 amide bonds. The number of nitriles is 1.